The van der Waals surface area contributed by atoms with Gasteiger partial charge in [-0.2, -0.15) is 0 Å². The number of hydrogen-bond donors (Lipinski definition) is 3. The smallest absolute Gasteiger partial charge is 0.408 e. The van der Waals surface area contributed by atoms with Gasteiger partial charge in [0, 0.05) is 6.42 Å². The molecule has 1 aromatic carbocycles. The van der Waals surface area contributed by atoms with Gasteiger partial charge >= 0.3 is 12.1 Å². The van der Waals surface area contributed by atoms with Crippen LogP contribution in [-0.4, -0.2) is 41.3 Å². The quantitative estimate of drug-likeness (QED) is 0.733. The van der Waals surface area contributed by atoms with E-state index >= 15 is 0 Å². The Labute approximate surface area is 135 Å². The van der Waals surface area contributed by atoms with Gasteiger partial charge in [-0.25, -0.2) is 9.59 Å². The number of ether oxygens (including phenoxy) is 1. The average molecular weight is 322 g/mol. The molecule has 0 heterocycles. The topological polar surface area (TPSA) is 105 Å². The van der Waals surface area contributed by atoms with E-state index < -0.39 is 29.6 Å². The first-order valence-electron chi connectivity index (χ1n) is 7.20. The standard InChI is InChI=1S/C16H22N2O5/c1-16(2,3)23-15(22)17-10-13(19)18-12(14(20)21)9-11-7-5-4-6-8-11/h4-8,12H,9-10H2,1-3H3,(H,17,22)(H,18,19)(H,20,21). The molecule has 23 heavy (non-hydrogen) atoms. The number of carboxylic acid groups (broad SMARTS) is 1. The molecule has 0 aromatic heterocycles. The van der Waals surface area contributed by atoms with Crippen LogP contribution in [0, 0.1) is 0 Å². The lowest BCUT2D eigenvalue weighted by Crippen LogP contribution is -2.47. The highest BCUT2D eigenvalue weighted by Gasteiger charge is 2.21. The third-order valence-electron chi connectivity index (χ3n) is 2.71. The van der Waals surface area contributed by atoms with Gasteiger partial charge in [-0.3, -0.25) is 4.79 Å². The van der Waals surface area contributed by atoms with Crippen LogP contribution in [0.4, 0.5) is 4.79 Å². The molecular weight excluding hydrogens is 300 g/mol. The van der Waals surface area contributed by atoms with E-state index in [9.17, 15) is 19.5 Å². The average Bonchev–Trinajstić information content (AvgIpc) is 2.43. The van der Waals surface area contributed by atoms with E-state index in [1.54, 1.807) is 45.0 Å². The van der Waals surface area contributed by atoms with E-state index in [2.05, 4.69) is 10.6 Å². The number of carboxylic acids is 1. The monoisotopic (exact) mass is 322 g/mol. The fourth-order valence-electron chi connectivity index (χ4n) is 1.76. The van der Waals surface area contributed by atoms with Crippen molar-refractivity contribution in [3.63, 3.8) is 0 Å². The predicted molar refractivity (Wildman–Crippen MR) is 83.9 cm³/mol. The van der Waals surface area contributed by atoms with Gasteiger partial charge in [-0.05, 0) is 26.3 Å². The molecule has 0 aliphatic rings. The molecule has 0 radical (unpaired) electrons. The Morgan fingerprint density at radius 3 is 2.30 bits per heavy atom. The number of nitrogens with one attached hydrogen (secondary N) is 2. The van der Waals surface area contributed by atoms with Crippen molar-refractivity contribution >= 4 is 18.0 Å². The molecule has 1 aromatic rings. The Morgan fingerprint density at radius 2 is 1.78 bits per heavy atom. The van der Waals surface area contributed by atoms with Crippen molar-refractivity contribution in [1.29, 1.82) is 0 Å². The van der Waals surface area contributed by atoms with Gasteiger partial charge < -0.3 is 20.5 Å². The molecule has 126 valence electrons. The summed E-state index contributed by atoms with van der Waals surface area (Å²) in [6.45, 7) is 4.75. The van der Waals surface area contributed by atoms with Gasteiger partial charge in [0.1, 0.15) is 18.2 Å². The van der Waals surface area contributed by atoms with Gasteiger partial charge in [0.15, 0.2) is 0 Å². The maximum atomic E-state index is 11.8. The zero-order chi connectivity index (χ0) is 17.5. The maximum absolute atomic E-state index is 11.8. The van der Waals surface area contributed by atoms with Crippen molar-refractivity contribution in [3.05, 3.63) is 35.9 Å². The third-order valence-corrected chi connectivity index (χ3v) is 2.71. The number of carbonyl (C=O) groups is 3. The molecule has 0 aliphatic heterocycles. The second-order valence-electron chi connectivity index (χ2n) is 6.00. The fourth-order valence-corrected chi connectivity index (χ4v) is 1.76. The summed E-state index contributed by atoms with van der Waals surface area (Å²) in [6.07, 6.45) is -0.573. The van der Waals surface area contributed by atoms with E-state index in [-0.39, 0.29) is 13.0 Å². The Hall–Kier alpha value is -2.57. The summed E-state index contributed by atoms with van der Waals surface area (Å²) in [5.74, 6) is -1.74. The van der Waals surface area contributed by atoms with E-state index in [4.69, 9.17) is 4.74 Å². The Kier molecular flexibility index (Phi) is 6.56. The zero-order valence-electron chi connectivity index (χ0n) is 13.5. The first-order chi connectivity index (χ1) is 10.7. The Bertz CT molecular complexity index is 551. The molecule has 0 fully saturated rings. The lowest BCUT2D eigenvalue weighted by atomic mass is 10.1. The number of hydrogen-bond acceptors (Lipinski definition) is 4. The molecule has 0 saturated carbocycles. The number of benzene rings is 1. The second kappa shape index (κ2) is 8.17. The minimum atomic E-state index is -1.14. The number of amides is 2. The summed E-state index contributed by atoms with van der Waals surface area (Å²) in [5.41, 5.74) is 0.123. The van der Waals surface area contributed by atoms with Gasteiger partial charge in [0.25, 0.3) is 0 Å². The Balaban J connectivity index is 2.49. The SMILES string of the molecule is CC(C)(C)OC(=O)NCC(=O)NC(Cc1ccccc1)C(=O)O. The van der Waals surface area contributed by atoms with Crippen molar-refractivity contribution in [2.75, 3.05) is 6.54 Å². The van der Waals surface area contributed by atoms with Crippen LogP contribution < -0.4 is 10.6 Å². The van der Waals surface area contributed by atoms with Crippen LogP contribution in [0.3, 0.4) is 0 Å². The first-order valence-corrected chi connectivity index (χ1v) is 7.20. The molecular formula is C16H22N2O5. The van der Waals surface area contributed by atoms with Crippen LogP contribution in [0.25, 0.3) is 0 Å². The van der Waals surface area contributed by atoms with Crippen LogP contribution in [0.15, 0.2) is 30.3 Å². The molecule has 2 amide bonds. The van der Waals surface area contributed by atoms with Gasteiger partial charge in [-0.15, -0.1) is 0 Å². The molecule has 7 heteroatoms. The number of aliphatic carboxylic acids is 1. The van der Waals surface area contributed by atoms with Gasteiger partial charge in [0.05, 0.1) is 0 Å². The summed E-state index contributed by atoms with van der Waals surface area (Å²) < 4.78 is 4.99. The maximum Gasteiger partial charge on any atom is 0.408 e. The van der Waals surface area contributed by atoms with Crippen molar-refractivity contribution < 1.29 is 24.2 Å². The third kappa shape index (κ3) is 7.85. The fraction of sp³-hybridized carbons (Fsp3) is 0.438. The van der Waals surface area contributed by atoms with Crippen molar-refractivity contribution in [1.82, 2.24) is 10.6 Å². The molecule has 1 unspecified atom stereocenters. The molecule has 0 aliphatic carbocycles. The summed E-state index contributed by atoms with van der Waals surface area (Å²) in [6, 6.07) is 7.90. The highest BCUT2D eigenvalue weighted by Crippen LogP contribution is 2.06. The van der Waals surface area contributed by atoms with Crippen LogP contribution in [0.2, 0.25) is 0 Å². The highest BCUT2D eigenvalue weighted by atomic mass is 16.6. The molecule has 0 spiro atoms. The van der Waals surface area contributed by atoms with E-state index in [1.807, 2.05) is 6.07 Å². The van der Waals surface area contributed by atoms with Gasteiger partial charge in [-0.1, -0.05) is 30.3 Å². The van der Waals surface area contributed by atoms with Crippen LogP contribution in [0.1, 0.15) is 26.3 Å². The lowest BCUT2D eigenvalue weighted by Gasteiger charge is -2.20. The molecule has 0 saturated heterocycles. The van der Waals surface area contributed by atoms with Crippen molar-refractivity contribution in [3.8, 4) is 0 Å². The van der Waals surface area contributed by atoms with Crippen LogP contribution >= 0.6 is 0 Å². The normalized spacial score (nSPS) is 12.1. The number of carbonyl (C=O) groups excluding carboxylic acids is 2. The largest absolute Gasteiger partial charge is 0.480 e. The second-order valence-corrected chi connectivity index (χ2v) is 6.00. The molecule has 3 N–H and O–H groups in total. The summed E-state index contributed by atoms with van der Waals surface area (Å²) in [7, 11) is 0. The van der Waals surface area contributed by atoms with Crippen LogP contribution in [0.5, 0.6) is 0 Å². The lowest BCUT2D eigenvalue weighted by molar-refractivity contribution is -0.141. The minimum Gasteiger partial charge on any atom is -0.480 e. The van der Waals surface area contributed by atoms with Crippen LogP contribution in [-0.2, 0) is 20.7 Å². The molecule has 7 nitrogen and oxygen atoms in total. The van der Waals surface area contributed by atoms with Gasteiger partial charge in [0.2, 0.25) is 5.91 Å². The van der Waals surface area contributed by atoms with Crippen molar-refractivity contribution in [2.45, 2.75) is 38.8 Å². The predicted octanol–water partition coefficient (Wildman–Crippen LogP) is 1.32. The number of rotatable bonds is 6. The highest BCUT2D eigenvalue weighted by molar-refractivity contribution is 5.86. The summed E-state index contributed by atoms with van der Waals surface area (Å²) in [4.78, 5) is 34.5. The minimum absolute atomic E-state index is 0.161. The summed E-state index contributed by atoms with van der Waals surface area (Å²) >= 11 is 0. The molecule has 1 atom stereocenters. The molecule has 1 rings (SSSR count). The molecule has 0 bridgehead atoms. The summed E-state index contributed by atoms with van der Waals surface area (Å²) in [5, 5.41) is 13.8. The number of alkyl carbamates (subject to hydrolysis) is 1. The van der Waals surface area contributed by atoms with E-state index in [1.165, 1.54) is 0 Å². The van der Waals surface area contributed by atoms with E-state index in [0.717, 1.165) is 5.56 Å². The van der Waals surface area contributed by atoms with E-state index in [0.29, 0.717) is 0 Å². The van der Waals surface area contributed by atoms with Crippen molar-refractivity contribution in [2.24, 2.45) is 0 Å². The zero-order valence-corrected chi connectivity index (χ0v) is 13.5. The first kappa shape index (κ1) is 18.5. The Morgan fingerprint density at radius 1 is 1.17 bits per heavy atom.